The van der Waals surface area contributed by atoms with Gasteiger partial charge in [0, 0.05) is 6.54 Å². The molecule has 0 unspecified atom stereocenters. The summed E-state index contributed by atoms with van der Waals surface area (Å²) in [5.74, 6) is 0. The Bertz CT molecular complexity index is 569. The molecule has 3 nitrogen and oxygen atoms in total. The maximum atomic E-state index is 13.0. The zero-order valence-electron chi connectivity index (χ0n) is 10.3. The van der Waals surface area contributed by atoms with Crippen molar-refractivity contribution in [2.24, 2.45) is 0 Å². The third kappa shape index (κ3) is 2.92. The van der Waals surface area contributed by atoms with Gasteiger partial charge in [-0.2, -0.15) is 17.5 Å². The van der Waals surface area contributed by atoms with E-state index in [0.29, 0.717) is 12.8 Å². The fraction of sp³-hybridized carbons (Fsp3) is 0.500. The highest BCUT2D eigenvalue weighted by Crippen LogP contribution is 2.40. The van der Waals surface area contributed by atoms with Gasteiger partial charge in [0.25, 0.3) is 0 Å². The smallest absolute Gasteiger partial charge is 0.212 e. The largest absolute Gasteiger partial charge is 0.416 e. The number of nitrogens with zero attached hydrogens (tertiary/aromatic N) is 1. The van der Waals surface area contributed by atoms with E-state index in [0.717, 1.165) is 16.6 Å². The highest BCUT2D eigenvalue weighted by Gasteiger charge is 2.39. The summed E-state index contributed by atoms with van der Waals surface area (Å²) < 4.78 is 63.3. The lowest BCUT2D eigenvalue weighted by Crippen LogP contribution is -2.30. The van der Waals surface area contributed by atoms with Crippen LogP contribution in [-0.4, -0.2) is 25.5 Å². The van der Waals surface area contributed by atoms with Crippen molar-refractivity contribution in [3.05, 3.63) is 35.4 Å². The van der Waals surface area contributed by atoms with Gasteiger partial charge in [0.2, 0.25) is 10.0 Å². The molecular weight excluding hydrogens is 279 g/mol. The summed E-state index contributed by atoms with van der Waals surface area (Å²) in [5, 5.41) is 0. The average molecular weight is 293 g/mol. The highest BCUT2D eigenvalue weighted by molar-refractivity contribution is 7.88. The Balaban J connectivity index is 2.48. The minimum atomic E-state index is -4.47. The van der Waals surface area contributed by atoms with Crippen molar-refractivity contribution in [1.82, 2.24) is 4.31 Å². The molecule has 7 heteroatoms. The van der Waals surface area contributed by atoms with Crippen LogP contribution < -0.4 is 0 Å². The normalized spacial score (nSPS) is 21.8. The van der Waals surface area contributed by atoms with Gasteiger partial charge in [-0.3, -0.25) is 0 Å². The molecule has 0 saturated carbocycles. The maximum Gasteiger partial charge on any atom is 0.416 e. The van der Waals surface area contributed by atoms with Crippen molar-refractivity contribution < 1.29 is 21.6 Å². The molecule has 2 rings (SSSR count). The van der Waals surface area contributed by atoms with Crippen LogP contribution >= 0.6 is 0 Å². The third-order valence-electron chi connectivity index (χ3n) is 3.25. The summed E-state index contributed by atoms with van der Waals surface area (Å²) in [7, 11) is -3.50. The molecule has 0 amide bonds. The van der Waals surface area contributed by atoms with Crippen LogP contribution in [0.5, 0.6) is 0 Å². The monoisotopic (exact) mass is 293 g/mol. The van der Waals surface area contributed by atoms with Crippen LogP contribution in [0.25, 0.3) is 0 Å². The Hall–Kier alpha value is -1.08. The van der Waals surface area contributed by atoms with E-state index in [9.17, 15) is 21.6 Å². The Morgan fingerprint density at radius 1 is 1.26 bits per heavy atom. The quantitative estimate of drug-likeness (QED) is 0.841. The van der Waals surface area contributed by atoms with Gasteiger partial charge in [0.05, 0.1) is 17.9 Å². The van der Waals surface area contributed by atoms with E-state index in [4.69, 9.17) is 0 Å². The third-order valence-corrected chi connectivity index (χ3v) is 4.54. The molecule has 0 radical (unpaired) electrons. The van der Waals surface area contributed by atoms with Crippen LogP contribution in [0.15, 0.2) is 24.3 Å². The molecule has 19 heavy (non-hydrogen) atoms. The van der Waals surface area contributed by atoms with E-state index in [-0.39, 0.29) is 12.1 Å². The molecular formula is C12H14F3NO2S. The second-order valence-electron chi connectivity index (χ2n) is 4.62. The van der Waals surface area contributed by atoms with E-state index in [2.05, 4.69) is 0 Å². The summed E-state index contributed by atoms with van der Waals surface area (Å²) in [6.07, 6.45) is -2.45. The molecule has 0 aromatic heterocycles. The average Bonchev–Trinajstić information content (AvgIpc) is 2.76. The lowest BCUT2D eigenvalue weighted by molar-refractivity contribution is -0.138. The highest BCUT2D eigenvalue weighted by atomic mass is 32.2. The van der Waals surface area contributed by atoms with Crippen LogP contribution in [0.1, 0.15) is 30.0 Å². The summed E-state index contributed by atoms with van der Waals surface area (Å²) in [5.41, 5.74) is -0.714. The van der Waals surface area contributed by atoms with Crippen molar-refractivity contribution in [1.29, 1.82) is 0 Å². The van der Waals surface area contributed by atoms with Gasteiger partial charge < -0.3 is 0 Å². The van der Waals surface area contributed by atoms with E-state index >= 15 is 0 Å². The minimum absolute atomic E-state index is 0.0397. The Kier molecular flexibility index (Phi) is 3.61. The van der Waals surface area contributed by atoms with Gasteiger partial charge in [-0.15, -0.1) is 0 Å². The lowest BCUT2D eigenvalue weighted by atomic mass is 9.99. The van der Waals surface area contributed by atoms with Gasteiger partial charge in [0.15, 0.2) is 0 Å². The van der Waals surface area contributed by atoms with Gasteiger partial charge in [0.1, 0.15) is 0 Å². The Labute approximate surface area is 110 Å². The van der Waals surface area contributed by atoms with Crippen molar-refractivity contribution in [2.75, 3.05) is 12.8 Å². The summed E-state index contributed by atoms with van der Waals surface area (Å²) >= 11 is 0. The second kappa shape index (κ2) is 4.79. The van der Waals surface area contributed by atoms with Gasteiger partial charge in [-0.05, 0) is 24.5 Å². The van der Waals surface area contributed by atoms with Gasteiger partial charge in [-0.1, -0.05) is 18.2 Å². The van der Waals surface area contributed by atoms with Crippen LogP contribution in [-0.2, 0) is 16.2 Å². The van der Waals surface area contributed by atoms with Crippen LogP contribution in [0.4, 0.5) is 13.2 Å². The fourth-order valence-electron chi connectivity index (χ4n) is 2.49. The molecule has 1 aliphatic heterocycles. The first-order valence-electron chi connectivity index (χ1n) is 5.84. The predicted octanol–water partition coefficient (Wildman–Crippen LogP) is 2.80. The first kappa shape index (κ1) is 14.3. The summed E-state index contributed by atoms with van der Waals surface area (Å²) in [6, 6.07) is 4.45. The maximum absolute atomic E-state index is 13.0. The molecule has 0 spiro atoms. The standard InChI is InChI=1S/C12H14F3NO2S/c1-19(17,18)16-8-4-7-11(16)9-5-2-3-6-10(9)12(13,14)15/h2-3,5-6,11H,4,7-8H2,1H3/t11-/m1/s1. The Morgan fingerprint density at radius 3 is 2.47 bits per heavy atom. The lowest BCUT2D eigenvalue weighted by Gasteiger charge is -2.25. The van der Waals surface area contributed by atoms with Gasteiger partial charge in [-0.25, -0.2) is 8.42 Å². The molecule has 0 aliphatic carbocycles. The zero-order chi connectivity index (χ0) is 14.3. The second-order valence-corrected chi connectivity index (χ2v) is 6.55. The number of sulfonamides is 1. The van der Waals surface area contributed by atoms with E-state index in [1.807, 2.05) is 0 Å². The van der Waals surface area contributed by atoms with Crippen molar-refractivity contribution in [3.63, 3.8) is 0 Å². The van der Waals surface area contributed by atoms with Crippen molar-refractivity contribution >= 4 is 10.0 Å². The SMILES string of the molecule is CS(=O)(=O)N1CCC[C@@H]1c1ccccc1C(F)(F)F. The molecule has 0 N–H and O–H groups in total. The summed E-state index contributed by atoms with van der Waals surface area (Å²) in [4.78, 5) is 0. The molecule has 1 fully saturated rings. The number of hydrogen-bond acceptors (Lipinski definition) is 2. The van der Waals surface area contributed by atoms with Crippen molar-refractivity contribution in [3.8, 4) is 0 Å². The number of hydrogen-bond donors (Lipinski definition) is 0. The molecule has 0 bridgehead atoms. The number of halogens is 3. The molecule has 1 heterocycles. The summed E-state index contributed by atoms with van der Waals surface area (Å²) in [6.45, 7) is 0.274. The zero-order valence-corrected chi connectivity index (χ0v) is 11.1. The fourth-order valence-corrected chi connectivity index (χ4v) is 3.64. The van der Waals surface area contributed by atoms with E-state index in [1.165, 1.54) is 18.2 Å². The van der Waals surface area contributed by atoms with Crippen LogP contribution in [0, 0.1) is 0 Å². The number of rotatable bonds is 2. The number of benzene rings is 1. The van der Waals surface area contributed by atoms with Crippen molar-refractivity contribution in [2.45, 2.75) is 25.1 Å². The van der Waals surface area contributed by atoms with Crippen LogP contribution in [0.3, 0.4) is 0 Å². The molecule has 1 aromatic carbocycles. The van der Waals surface area contributed by atoms with E-state index < -0.39 is 27.8 Å². The van der Waals surface area contributed by atoms with E-state index in [1.54, 1.807) is 0 Å². The van der Waals surface area contributed by atoms with Gasteiger partial charge >= 0.3 is 6.18 Å². The van der Waals surface area contributed by atoms with Crippen LogP contribution in [0.2, 0.25) is 0 Å². The minimum Gasteiger partial charge on any atom is -0.212 e. The molecule has 106 valence electrons. The molecule has 1 aromatic rings. The first-order chi connectivity index (χ1) is 8.71. The topological polar surface area (TPSA) is 37.4 Å². The molecule has 1 atom stereocenters. The molecule has 1 saturated heterocycles. The number of alkyl halides is 3. The Morgan fingerprint density at radius 2 is 1.89 bits per heavy atom. The predicted molar refractivity (Wildman–Crippen MR) is 65.0 cm³/mol. The first-order valence-corrected chi connectivity index (χ1v) is 7.69. The molecule has 1 aliphatic rings.